The molecule has 2 heteroatoms. The number of aliphatic hydroxyl groups is 1. The average Bonchev–Trinajstić information content (AvgIpc) is 2.96. The van der Waals surface area contributed by atoms with Crippen LogP contribution in [0.5, 0.6) is 5.75 Å². The second kappa shape index (κ2) is 6.22. The zero-order chi connectivity index (χ0) is 19.5. The van der Waals surface area contributed by atoms with Crippen molar-refractivity contribution in [3.05, 3.63) is 75.9 Å². The Labute approximate surface area is 167 Å². The molecule has 0 heterocycles. The highest BCUT2D eigenvalue weighted by Crippen LogP contribution is 2.61. The van der Waals surface area contributed by atoms with Gasteiger partial charge in [0.1, 0.15) is 5.75 Å². The standard InChI is InChI=1S/C26H30O2/c1-17-12-20(27)13-19-8-9-22-23-14-21(28)16-25(23,2)10-11-26(22,24(17)19)15-18-6-4-3-5-7-18/h3-7,12-13,21,27-28H,8-11,14-16H2,1-2H3/t21-,25-,26-/m1/s1. The highest BCUT2D eigenvalue weighted by Gasteiger charge is 2.52. The second-order valence-corrected chi connectivity index (χ2v) is 9.62. The molecule has 2 N–H and O–H groups in total. The minimum Gasteiger partial charge on any atom is -0.508 e. The summed E-state index contributed by atoms with van der Waals surface area (Å²) in [5.41, 5.74) is 8.67. The van der Waals surface area contributed by atoms with Crippen LogP contribution in [0.2, 0.25) is 0 Å². The number of benzene rings is 2. The van der Waals surface area contributed by atoms with Crippen LogP contribution < -0.4 is 0 Å². The maximum absolute atomic E-state index is 10.5. The molecule has 0 radical (unpaired) electrons. The first-order valence-corrected chi connectivity index (χ1v) is 10.7. The zero-order valence-corrected chi connectivity index (χ0v) is 17.0. The van der Waals surface area contributed by atoms with Gasteiger partial charge in [-0.2, -0.15) is 0 Å². The van der Waals surface area contributed by atoms with Gasteiger partial charge in [-0.25, -0.2) is 0 Å². The number of phenols is 1. The third-order valence-electron chi connectivity index (χ3n) is 7.77. The predicted molar refractivity (Wildman–Crippen MR) is 113 cm³/mol. The number of fused-ring (bicyclic) bond motifs is 4. The minimum absolute atomic E-state index is 0.00558. The van der Waals surface area contributed by atoms with E-state index in [4.69, 9.17) is 0 Å². The largest absolute Gasteiger partial charge is 0.508 e. The molecule has 0 aromatic heterocycles. The van der Waals surface area contributed by atoms with E-state index in [1.54, 1.807) is 11.1 Å². The van der Waals surface area contributed by atoms with Crippen LogP contribution in [0.1, 0.15) is 61.3 Å². The van der Waals surface area contributed by atoms with Crippen LogP contribution in [0, 0.1) is 12.3 Å². The summed E-state index contributed by atoms with van der Waals surface area (Å²) < 4.78 is 0. The number of aryl methyl sites for hydroxylation is 2. The summed E-state index contributed by atoms with van der Waals surface area (Å²) in [4.78, 5) is 0. The summed E-state index contributed by atoms with van der Waals surface area (Å²) >= 11 is 0. The van der Waals surface area contributed by atoms with E-state index in [-0.39, 0.29) is 16.9 Å². The van der Waals surface area contributed by atoms with Crippen LogP contribution >= 0.6 is 0 Å². The number of hydrogen-bond acceptors (Lipinski definition) is 2. The third kappa shape index (κ3) is 2.58. The fraction of sp³-hybridized carbons (Fsp3) is 0.462. The molecule has 146 valence electrons. The zero-order valence-electron chi connectivity index (χ0n) is 17.0. The molecule has 2 aromatic carbocycles. The normalized spacial score (nSPS) is 31.3. The molecule has 2 aromatic rings. The number of aromatic hydroxyl groups is 1. The lowest BCUT2D eigenvalue weighted by molar-refractivity contribution is 0.156. The van der Waals surface area contributed by atoms with Crippen molar-refractivity contribution < 1.29 is 10.2 Å². The van der Waals surface area contributed by atoms with Gasteiger partial charge in [0.25, 0.3) is 0 Å². The van der Waals surface area contributed by atoms with Gasteiger partial charge < -0.3 is 10.2 Å². The van der Waals surface area contributed by atoms with Gasteiger partial charge in [-0.3, -0.25) is 0 Å². The molecule has 3 atom stereocenters. The lowest BCUT2D eigenvalue weighted by Gasteiger charge is -2.50. The van der Waals surface area contributed by atoms with E-state index in [9.17, 15) is 10.2 Å². The lowest BCUT2D eigenvalue weighted by atomic mass is 9.53. The lowest BCUT2D eigenvalue weighted by Crippen LogP contribution is -2.42. The van der Waals surface area contributed by atoms with Crippen LogP contribution in [-0.2, 0) is 18.3 Å². The molecule has 2 nitrogen and oxygen atoms in total. The van der Waals surface area contributed by atoms with Crippen molar-refractivity contribution in [3.63, 3.8) is 0 Å². The Morgan fingerprint density at radius 1 is 1.04 bits per heavy atom. The number of hydrogen-bond donors (Lipinski definition) is 2. The molecule has 0 unspecified atom stereocenters. The molecule has 0 aliphatic heterocycles. The van der Waals surface area contributed by atoms with Gasteiger partial charge in [-0.15, -0.1) is 0 Å². The van der Waals surface area contributed by atoms with E-state index in [1.165, 1.54) is 22.3 Å². The van der Waals surface area contributed by atoms with Crippen molar-refractivity contribution in [3.8, 4) is 5.75 Å². The number of rotatable bonds is 2. The van der Waals surface area contributed by atoms with Crippen molar-refractivity contribution in [2.45, 2.75) is 70.3 Å². The molecule has 0 bridgehead atoms. The average molecular weight is 375 g/mol. The van der Waals surface area contributed by atoms with Crippen LogP contribution in [0.3, 0.4) is 0 Å². The van der Waals surface area contributed by atoms with E-state index in [0.29, 0.717) is 5.75 Å². The molecule has 3 aliphatic carbocycles. The Balaban J connectivity index is 1.76. The highest BCUT2D eigenvalue weighted by molar-refractivity contribution is 5.57. The van der Waals surface area contributed by atoms with Crippen molar-refractivity contribution in [2.24, 2.45) is 5.41 Å². The first-order chi connectivity index (χ1) is 13.4. The Morgan fingerprint density at radius 3 is 2.61 bits per heavy atom. The first kappa shape index (κ1) is 18.0. The highest BCUT2D eigenvalue weighted by atomic mass is 16.3. The van der Waals surface area contributed by atoms with Gasteiger partial charge in [0, 0.05) is 5.41 Å². The number of aliphatic hydroxyl groups excluding tert-OH is 1. The molecule has 3 aliphatic rings. The molecule has 1 saturated carbocycles. The fourth-order valence-corrected chi connectivity index (χ4v) is 6.74. The summed E-state index contributed by atoms with van der Waals surface area (Å²) in [5, 5.41) is 20.7. The third-order valence-corrected chi connectivity index (χ3v) is 7.77. The summed E-state index contributed by atoms with van der Waals surface area (Å²) in [6, 6.07) is 14.8. The summed E-state index contributed by atoms with van der Waals surface area (Å²) in [6.07, 6.45) is 6.88. The monoisotopic (exact) mass is 374 g/mol. The van der Waals surface area contributed by atoms with Gasteiger partial charge in [-0.1, -0.05) is 48.4 Å². The van der Waals surface area contributed by atoms with Gasteiger partial charge in [0.15, 0.2) is 0 Å². The summed E-state index contributed by atoms with van der Waals surface area (Å²) in [7, 11) is 0. The molecule has 5 rings (SSSR count). The maximum Gasteiger partial charge on any atom is 0.116 e. The second-order valence-electron chi connectivity index (χ2n) is 9.62. The summed E-state index contributed by atoms with van der Waals surface area (Å²) in [6.45, 7) is 4.54. The quantitative estimate of drug-likeness (QED) is 0.693. The Bertz CT molecular complexity index is 958. The van der Waals surface area contributed by atoms with Gasteiger partial charge >= 0.3 is 0 Å². The molecule has 1 fully saturated rings. The molecular formula is C26H30O2. The molecule has 28 heavy (non-hydrogen) atoms. The van der Waals surface area contributed by atoms with Crippen molar-refractivity contribution >= 4 is 0 Å². The topological polar surface area (TPSA) is 40.5 Å². The van der Waals surface area contributed by atoms with E-state index in [0.717, 1.165) is 44.9 Å². The molecule has 0 saturated heterocycles. The van der Waals surface area contributed by atoms with Crippen LogP contribution in [0.25, 0.3) is 0 Å². The SMILES string of the molecule is Cc1cc(O)cc2c1[C@@]1(Cc3ccccc3)CC[C@]3(C)C[C@H](O)CC3=C1CC2. The van der Waals surface area contributed by atoms with E-state index < -0.39 is 0 Å². The van der Waals surface area contributed by atoms with E-state index >= 15 is 0 Å². The van der Waals surface area contributed by atoms with Crippen molar-refractivity contribution in [1.82, 2.24) is 0 Å². The van der Waals surface area contributed by atoms with Gasteiger partial charge in [0.05, 0.1) is 6.10 Å². The fourth-order valence-electron chi connectivity index (χ4n) is 6.74. The van der Waals surface area contributed by atoms with Crippen molar-refractivity contribution in [1.29, 1.82) is 0 Å². The number of phenolic OH excluding ortho intramolecular Hbond substituents is 1. The molecule has 0 spiro atoms. The van der Waals surface area contributed by atoms with Crippen LogP contribution in [-0.4, -0.2) is 16.3 Å². The maximum atomic E-state index is 10.5. The Morgan fingerprint density at radius 2 is 1.82 bits per heavy atom. The minimum atomic E-state index is -0.192. The number of allylic oxidation sites excluding steroid dienone is 1. The smallest absolute Gasteiger partial charge is 0.116 e. The van der Waals surface area contributed by atoms with Crippen LogP contribution in [0.15, 0.2) is 53.6 Å². The van der Waals surface area contributed by atoms with E-state index in [1.807, 2.05) is 12.1 Å². The molecule has 0 amide bonds. The Hall–Kier alpha value is -2.06. The van der Waals surface area contributed by atoms with Crippen molar-refractivity contribution in [2.75, 3.05) is 0 Å². The van der Waals surface area contributed by atoms with Gasteiger partial charge in [-0.05, 0) is 91.7 Å². The predicted octanol–water partition coefficient (Wildman–Crippen LogP) is 5.38. The first-order valence-electron chi connectivity index (χ1n) is 10.7. The summed E-state index contributed by atoms with van der Waals surface area (Å²) in [5.74, 6) is 0.388. The van der Waals surface area contributed by atoms with Gasteiger partial charge in [0.2, 0.25) is 0 Å². The van der Waals surface area contributed by atoms with E-state index in [2.05, 4.69) is 44.2 Å². The molecular weight excluding hydrogens is 344 g/mol. The van der Waals surface area contributed by atoms with Crippen LogP contribution in [0.4, 0.5) is 0 Å². The Kier molecular flexibility index (Phi) is 4.00.